The van der Waals surface area contributed by atoms with Crippen molar-refractivity contribution in [3.63, 3.8) is 0 Å². The molecule has 3 rings (SSSR count). The maximum Gasteiger partial charge on any atom is 0.247 e. The fraction of sp³-hybridized carbons (Fsp3) is 0.333. The number of nitrogens with zero attached hydrogens (tertiary/aromatic N) is 2. The zero-order valence-corrected chi connectivity index (χ0v) is 15.2. The largest absolute Gasteiger partial charge is 0.493 e. The molecule has 2 aromatic rings. The van der Waals surface area contributed by atoms with Gasteiger partial charge in [0.15, 0.2) is 11.5 Å². The van der Waals surface area contributed by atoms with Gasteiger partial charge in [0, 0.05) is 25.0 Å². The summed E-state index contributed by atoms with van der Waals surface area (Å²) in [6.45, 7) is 0.772. The van der Waals surface area contributed by atoms with Gasteiger partial charge < -0.3 is 14.4 Å². The summed E-state index contributed by atoms with van der Waals surface area (Å²) in [4.78, 5) is 18.9. The van der Waals surface area contributed by atoms with E-state index in [1.807, 2.05) is 47.5 Å². The van der Waals surface area contributed by atoms with Crippen molar-refractivity contribution in [2.75, 3.05) is 20.8 Å². The smallest absolute Gasteiger partial charge is 0.247 e. The Kier molecular flexibility index (Phi) is 5.89. The molecule has 26 heavy (non-hydrogen) atoms. The first-order valence-electron chi connectivity index (χ1n) is 8.83. The van der Waals surface area contributed by atoms with Gasteiger partial charge in [0.1, 0.15) is 0 Å². The molecule has 1 unspecified atom stereocenters. The highest BCUT2D eigenvalue weighted by Gasteiger charge is 2.26. The summed E-state index contributed by atoms with van der Waals surface area (Å²) in [6.07, 6.45) is 10.2. The lowest BCUT2D eigenvalue weighted by Crippen LogP contribution is -2.37. The molecule has 0 spiro atoms. The molecule has 0 bridgehead atoms. The second kappa shape index (κ2) is 8.52. The fourth-order valence-electron chi connectivity index (χ4n) is 3.33. The highest BCUT2D eigenvalue weighted by atomic mass is 16.5. The lowest BCUT2D eigenvalue weighted by atomic mass is 9.96. The number of hydrogen-bond donors (Lipinski definition) is 0. The second-order valence-corrected chi connectivity index (χ2v) is 6.28. The van der Waals surface area contributed by atoms with E-state index in [0.29, 0.717) is 11.5 Å². The van der Waals surface area contributed by atoms with Crippen molar-refractivity contribution < 1.29 is 14.3 Å². The summed E-state index contributed by atoms with van der Waals surface area (Å²) in [5.74, 6) is 1.34. The molecule has 1 atom stereocenters. The summed E-state index contributed by atoms with van der Waals surface area (Å²) < 4.78 is 10.6. The Morgan fingerprint density at radius 3 is 2.77 bits per heavy atom. The van der Waals surface area contributed by atoms with Gasteiger partial charge in [-0.1, -0.05) is 12.1 Å². The van der Waals surface area contributed by atoms with Gasteiger partial charge in [-0.05, 0) is 54.7 Å². The predicted octanol–water partition coefficient (Wildman–Crippen LogP) is 3.87. The summed E-state index contributed by atoms with van der Waals surface area (Å²) in [7, 11) is 3.20. The molecule has 1 fully saturated rings. The lowest BCUT2D eigenvalue weighted by molar-refractivity contribution is -0.129. The first-order valence-corrected chi connectivity index (χ1v) is 8.83. The number of rotatable bonds is 5. The Hall–Kier alpha value is -2.82. The van der Waals surface area contributed by atoms with Crippen LogP contribution in [0, 0.1) is 0 Å². The van der Waals surface area contributed by atoms with E-state index in [9.17, 15) is 4.79 Å². The number of methoxy groups -OCH3 is 2. The van der Waals surface area contributed by atoms with Crippen molar-refractivity contribution in [2.45, 2.75) is 25.3 Å². The van der Waals surface area contributed by atoms with Gasteiger partial charge in [-0.3, -0.25) is 9.78 Å². The molecular formula is C21H24N2O3. The number of hydrogen-bond acceptors (Lipinski definition) is 4. The molecule has 1 aliphatic rings. The Labute approximate surface area is 154 Å². The van der Waals surface area contributed by atoms with E-state index < -0.39 is 0 Å². The van der Waals surface area contributed by atoms with Crippen LogP contribution in [0.15, 0.2) is 48.8 Å². The fourth-order valence-corrected chi connectivity index (χ4v) is 3.33. The number of pyridine rings is 1. The summed E-state index contributed by atoms with van der Waals surface area (Å²) in [6, 6.07) is 9.66. The van der Waals surface area contributed by atoms with Crippen LogP contribution in [0.2, 0.25) is 0 Å². The van der Waals surface area contributed by atoms with Gasteiger partial charge in [-0.2, -0.15) is 0 Å². The van der Waals surface area contributed by atoms with Gasteiger partial charge in [-0.15, -0.1) is 0 Å². The SMILES string of the molecule is COc1ccc(/C=C/C(=O)N2CCCCC2c2cccnc2)cc1OC. The highest BCUT2D eigenvalue weighted by molar-refractivity contribution is 5.92. The van der Waals surface area contributed by atoms with Crippen molar-refractivity contribution >= 4 is 12.0 Å². The standard InChI is InChI=1S/C21H24N2O3/c1-25-19-10-8-16(14-20(19)26-2)9-11-21(24)23-13-4-3-7-18(23)17-6-5-12-22-15-17/h5-6,8-12,14-15,18H,3-4,7,13H2,1-2H3/b11-9+. The van der Waals surface area contributed by atoms with E-state index in [-0.39, 0.29) is 11.9 Å². The monoisotopic (exact) mass is 352 g/mol. The third-order valence-electron chi connectivity index (χ3n) is 4.68. The number of carbonyl (C=O) groups is 1. The molecule has 0 radical (unpaired) electrons. The second-order valence-electron chi connectivity index (χ2n) is 6.28. The van der Waals surface area contributed by atoms with E-state index in [0.717, 1.165) is 36.9 Å². The first-order chi connectivity index (χ1) is 12.7. The third-order valence-corrected chi connectivity index (χ3v) is 4.68. The maximum absolute atomic E-state index is 12.8. The van der Waals surface area contributed by atoms with Crippen LogP contribution >= 0.6 is 0 Å². The van der Waals surface area contributed by atoms with E-state index in [1.165, 1.54) is 0 Å². The quantitative estimate of drug-likeness (QED) is 0.767. The van der Waals surface area contributed by atoms with Crippen molar-refractivity contribution in [1.82, 2.24) is 9.88 Å². The number of aromatic nitrogens is 1. The number of amides is 1. The number of carbonyl (C=O) groups excluding carboxylic acids is 1. The molecule has 0 N–H and O–H groups in total. The third kappa shape index (κ3) is 4.04. The first kappa shape index (κ1) is 18.0. The summed E-state index contributed by atoms with van der Waals surface area (Å²) in [5, 5.41) is 0. The topological polar surface area (TPSA) is 51.7 Å². The number of piperidine rings is 1. The van der Waals surface area contributed by atoms with Gasteiger partial charge in [0.05, 0.1) is 20.3 Å². The maximum atomic E-state index is 12.8. The van der Waals surface area contributed by atoms with Crippen LogP contribution in [0.5, 0.6) is 11.5 Å². The van der Waals surface area contributed by atoms with E-state index >= 15 is 0 Å². The molecule has 1 aromatic heterocycles. The molecule has 1 amide bonds. The zero-order valence-electron chi connectivity index (χ0n) is 15.2. The minimum atomic E-state index is 0.0216. The van der Waals surface area contributed by atoms with Crippen LogP contribution in [0.3, 0.4) is 0 Å². The van der Waals surface area contributed by atoms with Gasteiger partial charge in [0.25, 0.3) is 0 Å². The molecule has 0 saturated carbocycles. The molecule has 136 valence electrons. The molecular weight excluding hydrogens is 328 g/mol. The van der Waals surface area contributed by atoms with Gasteiger partial charge in [0.2, 0.25) is 5.91 Å². The van der Waals surface area contributed by atoms with E-state index in [4.69, 9.17) is 9.47 Å². The van der Waals surface area contributed by atoms with E-state index in [2.05, 4.69) is 4.98 Å². The van der Waals surface area contributed by atoms with Crippen molar-refractivity contribution in [2.24, 2.45) is 0 Å². The van der Waals surface area contributed by atoms with Crippen LogP contribution in [0.25, 0.3) is 6.08 Å². The summed E-state index contributed by atoms with van der Waals surface area (Å²) in [5.41, 5.74) is 1.99. The molecule has 5 nitrogen and oxygen atoms in total. The highest BCUT2D eigenvalue weighted by Crippen LogP contribution is 2.31. The lowest BCUT2D eigenvalue weighted by Gasteiger charge is -2.35. The van der Waals surface area contributed by atoms with Crippen LogP contribution in [-0.2, 0) is 4.79 Å². The molecule has 0 aliphatic carbocycles. The average Bonchev–Trinajstić information content (AvgIpc) is 2.72. The van der Waals surface area contributed by atoms with Gasteiger partial charge in [-0.25, -0.2) is 0 Å². The Morgan fingerprint density at radius 2 is 2.04 bits per heavy atom. The Morgan fingerprint density at radius 1 is 1.19 bits per heavy atom. The summed E-state index contributed by atoms with van der Waals surface area (Å²) >= 11 is 0. The molecule has 1 aliphatic heterocycles. The minimum Gasteiger partial charge on any atom is -0.493 e. The van der Waals surface area contributed by atoms with Crippen LogP contribution in [0.4, 0.5) is 0 Å². The van der Waals surface area contributed by atoms with Crippen LogP contribution in [0.1, 0.15) is 36.4 Å². The molecule has 1 aromatic carbocycles. The van der Waals surface area contributed by atoms with Crippen molar-refractivity contribution in [1.29, 1.82) is 0 Å². The Bertz CT molecular complexity index is 774. The van der Waals surface area contributed by atoms with Crippen LogP contribution in [-0.4, -0.2) is 36.6 Å². The van der Waals surface area contributed by atoms with Crippen LogP contribution < -0.4 is 9.47 Å². The molecule has 5 heteroatoms. The normalized spacial score (nSPS) is 17.3. The van der Waals surface area contributed by atoms with Crippen molar-refractivity contribution in [3.05, 3.63) is 59.9 Å². The number of benzene rings is 1. The van der Waals surface area contributed by atoms with Gasteiger partial charge >= 0.3 is 0 Å². The Balaban J connectivity index is 1.76. The molecule has 1 saturated heterocycles. The van der Waals surface area contributed by atoms with E-state index in [1.54, 1.807) is 26.5 Å². The predicted molar refractivity (Wildman–Crippen MR) is 101 cm³/mol. The zero-order chi connectivity index (χ0) is 18.4. The number of likely N-dealkylation sites (tertiary alicyclic amines) is 1. The number of ether oxygens (including phenoxy) is 2. The minimum absolute atomic E-state index is 0.0216. The van der Waals surface area contributed by atoms with Crippen molar-refractivity contribution in [3.8, 4) is 11.5 Å². The molecule has 2 heterocycles. The average molecular weight is 352 g/mol.